The number of hydrogen-bond donors (Lipinski definition) is 0. The zero-order chi connectivity index (χ0) is 9.14. The Bertz CT molecular complexity index is 322. The van der Waals surface area contributed by atoms with Crippen molar-refractivity contribution in [2.24, 2.45) is 0 Å². The van der Waals surface area contributed by atoms with E-state index < -0.39 is 11.8 Å². The van der Waals surface area contributed by atoms with E-state index in [1.807, 2.05) is 0 Å². The van der Waals surface area contributed by atoms with E-state index in [1.54, 1.807) is 5.38 Å². The summed E-state index contributed by atoms with van der Waals surface area (Å²) >= 11 is 4.16. The van der Waals surface area contributed by atoms with E-state index in [1.165, 1.54) is 0 Å². The third-order valence-corrected chi connectivity index (χ3v) is 2.59. The molecular formula is C6H4BrNO3S. The summed E-state index contributed by atoms with van der Waals surface area (Å²) in [5.74, 6) is -1.61. The van der Waals surface area contributed by atoms with Crippen molar-refractivity contribution in [2.45, 2.75) is 0 Å². The zero-order valence-electron chi connectivity index (χ0n) is 6.04. The Hall–Kier alpha value is -0.750. The minimum Gasteiger partial charge on any atom is -0.463 e. The van der Waals surface area contributed by atoms with Crippen LogP contribution in [-0.2, 0) is 9.53 Å². The maximum atomic E-state index is 11.0. The van der Waals surface area contributed by atoms with Crippen molar-refractivity contribution in [3.05, 3.63) is 15.0 Å². The van der Waals surface area contributed by atoms with E-state index in [0.29, 0.717) is 4.60 Å². The second-order valence-electron chi connectivity index (χ2n) is 1.80. The number of carbonyl (C=O) groups excluding carboxylic acids is 2. The van der Waals surface area contributed by atoms with Gasteiger partial charge in [0.2, 0.25) is 0 Å². The van der Waals surface area contributed by atoms with Gasteiger partial charge >= 0.3 is 5.97 Å². The van der Waals surface area contributed by atoms with Gasteiger partial charge in [0.15, 0.2) is 5.01 Å². The van der Waals surface area contributed by atoms with Crippen LogP contribution in [0.5, 0.6) is 0 Å². The van der Waals surface area contributed by atoms with E-state index >= 15 is 0 Å². The number of aromatic nitrogens is 1. The smallest absolute Gasteiger partial charge is 0.382 e. The molecule has 0 saturated carbocycles. The molecule has 1 aromatic heterocycles. The second-order valence-corrected chi connectivity index (χ2v) is 3.47. The molecule has 0 spiro atoms. The highest BCUT2D eigenvalue weighted by Gasteiger charge is 2.19. The highest BCUT2D eigenvalue weighted by molar-refractivity contribution is 9.10. The largest absolute Gasteiger partial charge is 0.463 e. The first-order valence-corrected chi connectivity index (χ1v) is 4.56. The predicted molar refractivity (Wildman–Crippen MR) is 46.2 cm³/mol. The van der Waals surface area contributed by atoms with Crippen LogP contribution in [0.25, 0.3) is 0 Å². The number of esters is 1. The molecule has 64 valence electrons. The molecule has 1 rings (SSSR count). The van der Waals surface area contributed by atoms with Gasteiger partial charge < -0.3 is 4.74 Å². The fourth-order valence-corrected chi connectivity index (χ4v) is 1.72. The zero-order valence-corrected chi connectivity index (χ0v) is 8.44. The highest BCUT2D eigenvalue weighted by Crippen LogP contribution is 2.15. The molecular weight excluding hydrogens is 246 g/mol. The molecule has 0 saturated heterocycles. The molecule has 4 nitrogen and oxygen atoms in total. The van der Waals surface area contributed by atoms with Crippen molar-refractivity contribution < 1.29 is 14.3 Å². The van der Waals surface area contributed by atoms with E-state index in [-0.39, 0.29) is 5.01 Å². The number of nitrogens with zero attached hydrogens (tertiary/aromatic N) is 1. The van der Waals surface area contributed by atoms with Crippen LogP contribution in [0.3, 0.4) is 0 Å². The fourth-order valence-electron chi connectivity index (χ4n) is 0.538. The SMILES string of the molecule is COC(=O)C(=O)c1nc(Br)cs1. The molecule has 0 radical (unpaired) electrons. The maximum absolute atomic E-state index is 11.0. The lowest BCUT2D eigenvalue weighted by atomic mass is 10.4. The second kappa shape index (κ2) is 3.77. The number of halogens is 1. The topological polar surface area (TPSA) is 56.3 Å². The van der Waals surface area contributed by atoms with Crippen LogP contribution in [0, 0.1) is 0 Å². The van der Waals surface area contributed by atoms with Crippen LogP contribution in [-0.4, -0.2) is 23.8 Å². The number of methoxy groups -OCH3 is 1. The van der Waals surface area contributed by atoms with Crippen molar-refractivity contribution in [3.8, 4) is 0 Å². The summed E-state index contributed by atoms with van der Waals surface area (Å²) in [4.78, 5) is 25.5. The average molecular weight is 250 g/mol. The summed E-state index contributed by atoms with van der Waals surface area (Å²) in [7, 11) is 1.16. The van der Waals surface area contributed by atoms with E-state index in [2.05, 4.69) is 25.7 Å². The normalized spacial score (nSPS) is 9.50. The van der Waals surface area contributed by atoms with Crippen molar-refractivity contribution in [2.75, 3.05) is 7.11 Å². The number of ether oxygens (including phenoxy) is 1. The Morgan fingerprint density at radius 1 is 1.67 bits per heavy atom. The number of thiazole rings is 1. The molecule has 6 heteroatoms. The van der Waals surface area contributed by atoms with Gasteiger partial charge in [-0.15, -0.1) is 11.3 Å². The molecule has 0 aliphatic rings. The lowest BCUT2D eigenvalue weighted by Crippen LogP contribution is -2.15. The van der Waals surface area contributed by atoms with Gasteiger partial charge in [0, 0.05) is 5.38 Å². The van der Waals surface area contributed by atoms with Crippen molar-refractivity contribution >= 4 is 39.0 Å². The minimum absolute atomic E-state index is 0.133. The molecule has 0 atom stereocenters. The molecule has 12 heavy (non-hydrogen) atoms. The van der Waals surface area contributed by atoms with Crippen molar-refractivity contribution in [1.29, 1.82) is 0 Å². The molecule has 0 aromatic carbocycles. The standard InChI is InChI=1S/C6H4BrNO3S/c1-11-6(10)4(9)5-8-3(7)2-12-5/h2H,1H3. The molecule has 0 N–H and O–H groups in total. The van der Waals surface area contributed by atoms with Crippen LogP contribution in [0.15, 0.2) is 9.98 Å². The van der Waals surface area contributed by atoms with E-state index in [4.69, 9.17) is 0 Å². The Kier molecular flexibility index (Phi) is 2.93. The predicted octanol–water partition coefficient (Wildman–Crippen LogP) is 1.26. The maximum Gasteiger partial charge on any atom is 0.382 e. The van der Waals surface area contributed by atoms with Gasteiger partial charge in [-0.05, 0) is 15.9 Å². The van der Waals surface area contributed by atoms with Crippen molar-refractivity contribution in [3.63, 3.8) is 0 Å². The first-order chi connectivity index (χ1) is 5.65. The summed E-state index contributed by atoms with van der Waals surface area (Å²) in [5.41, 5.74) is 0. The third kappa shape index (κ3) is 1.89. The van der Waals surface area contributed by atoms with Crippen molar-refractivity contribution in [1.82, 2.24) is 4.98 Å². The quantitative estimate of drug-likeness (QED) is 0.450. The van der Waals surface area contributed by atoms with Crippen LogP contribution in [0.1, 0.15) is 9.80 Å². The summed E-state index contributed by atoms with van der Waals surface area (Å²) in [6.45, 7) is 0. The Morgan fingerprint density at radius 2 is 2.33 bits per heavy atom. The van der Waals surface area contributed by atoms with Gasteiger partial charge in [0.05, 0.1) is 7.11 Å². The number of carbonyl (C=O) groups is 2. The van der Waals surface area contributed by atoms with E-state index in [0.717, 1.165) is 18.4 Å². The molecule has 1 aromatic rings. The summed E-state index contributed by atoms with van der Waals surface area (Å²) < 4.78 is 4.78. The molecule has 0 bridgehead atoms. The molecule has 0 unspecified atom stereocenters. The monoisotopic (exact) mass is 249 g/mol. The summed E-state index contributed by atoms with van der Waals surface area (Å²) in [5, 5.41) is 1.75. The van der Waals surface area contributed by atoms with Gasteiger partial charge in [0.1, 0.15) is 4.60 Å². The first kappa shape index (κ1) is 9.34. The van der Waals surface area contributed by atoms with Gasteiger partial charge in [-0.2, -0.15) is 0 Å². The number of ketones is 1. The van der Waals surface area contributed by atoms with Gasteiger partial charge in [0.25, 0.3) is 5.78 Å². The number of hydrogen-bond acceptors (Lipinski definition) is 5. The minimum atomic E-state index is -0.892. The van der Waals surface area contributed by atoms with Crippen LogP contribution in [0.2, 0.25) is 0 Å². The summed E-state index contributed by atoms with van der Waals surface area (Å²) in [6.07, 6.45) is 0. The molecule has 1 heterocycles. The number of Topliss-reactive ketones (excluding diaryl/α,β-unsaturated/α-hetero) is 1. The molecule has 0 aliphatic heterocycles. The lowest BCUT2D eigenvalue weighted by Gasteiger charge is -1.91. The summed E-state index contributed by atoms with van der Waals surface area (Å²) in [6, 6.07) is 0. The fraction of sp³-hybridized carbons (Fsp3) is 0.167. The molecule has 0 amide bonds. The van der Waals surface area contributed by atoms with Crippen LogP contribution in [0.4, 0.5) is 0 Å². The Labute approximate surface area is 80.7 Å². The van der Waals surface area contributed by atoms with Gasteiger partial charge in [-0.3, -0.25) is 4.79 Å². The van der Waals surface area contributed by atoms with Gasteiger partial charge in [-0.25, -0.2) is 9.78 Å². The molecule has 0 fully saturated rings. The highest BCUT2D eigenvalue weighted by atomic mass is 79.9. The Morgan fingerprint density at radius 3 is 2.75 bits per heavy atom. The van der Waals surface area contributed by atoms with Gasteiger partial charge in [-0.1, -0.05) is 0 Å². The van der Waals surface area contributed by atoms with Crippen LogP contribution < -0.4 is 0 Å². The van der Waals surface area contributed by atoms with E-state index in [9.17, 15) is 9.59 Å². The number of rotatable bonds is 2. The lowest BCUT2D eigenvalue weighted by molar-refractivity contribution is -0.135. The average Bonchev–Trinajstić information content (AvgIpc) is 2.49. The molecule has 0 aliphatic carbocycles. The third-order valence-electron chi connectivity index (χ3n) is 1.04. The first-order valence-electron chi connectivity index (χ1n) is 2.89. The van der Waals surface area contributed by atoms with Crippen LogP contribution >= 0.6 is 27.3 Å². The Balaban J connectivity index is 2.85.